The standard InChI is InChI=1S/C28H35NO7/c1-8-29(9-2)28(31)21-13-18(35-16-32-5)14-23(33-6)25(21)20-15-24(34-7)26-19(27(20)30)11-10-12-22(26)36-17(3)4/h10-15,17,30H,8-9,16H2,1-7H3. The zero-order valence-electron chi connectivity index (χ0n) is 22.0. The van der Waals surface area contributed by atoms with E-state index in [9.17, 15) is 9.90 Å². The van der Waals surface area contributed by atoms with Gasteiger partial charge in [-0.2, -0.15) is 0 Å². The number of methoxy groups -OCH3 is 3. The number of fused-ring (bicyclic) bond motifs is 1. The van der Waals surface area contributed by atoms with Crippen LogP contribution >= 0.6 is 0 Å². The van der Waals surface area contributed by atoms with Crippen molar-refractivity contribution < 1.29 is 33.6 Å². The summed E-state index contributed by atoms with van der Waals surface area (Å²) in [5.74, 6) is 1.63. The zero-order chi connectivity index (χ0) is 26.4. The maximum atomic E-state index is 13.7. The highest BCUT2D eigenvalue weighted by Crippen LogP contribution is 2.49. The van der Waals surface area contributed by atoms with Crippen LogP contribution in [0.4, 0.5) is 0 Å². The summed E-state index contributed by atoms with van der Waals surface area (Å²) in [6.45, 7) is 8.74. The first-order valence-corrected chi connectivity index (χ1v) is 11.9. The summed E-state index contributed by atoms with van der Waals surface area (Å²) >= 11 is 0. The largest absolute Gasteiger partial charge is 0.507 e. The van der Waals surface area contributed by atoms with Crippen LogP contribution < -0.4 is 18.9 Å². The van der Waals surface area contributed by atoms with Gasteiger partial charge in [-0.05, 0) is 45.9 Å². The lowest BCUT2D eigenvalue weighted by molar-refractivity contribution is 0.0507. The predicted octanol–water partition coefficient (Wildman–Crippen LogP) is 5.48. The fourth-order valence-electron chi connectivity index (χ4n) is 4.19. The number of hydrogen-bond acceptors (Lipinski definition) is 7. The van der Waals surface area contributed by atoms with E-state index < -0.39 is 0 Å². The Labute approximate surface area is 212 Å². The third-order valence-corrected chi connectivity index (χ3v) is 5.83. The van der Waals surface area contributed by atoms with Gasteiger partial charge in [-0.3, -0.25) is 4.79 Å². The lowest BCUT2D eigenvalue weighted by Crippen LogP contribution is -2.31. The van der Waals surface area contributed by atoms with Gasteiger partial charge in [-0.25, -0.2) is 0 Å². The Balaban J connectivity index is 2.38. The second kappa shape index (κ2) is 11.9. The van der Waals surface area contributed by atoms with Crippen LogP contribution in [0.3, 0.4) is 0 Å². The summed E-state index contributed by atoms with van der Waals surface area (Å²) in [6.07, 6.45) is -0.0693. The smallest absolute Gasteiger partial charge is 0.254 e. The predicted molar refractivity (Wildman–Crippen MR) is 140 cm³/mol. The second-order valence-corrected chi connectivity index (χ2v) is 8.40. The van der Waals surface area contributed by atoms with E-state index in [1.54, 1.807) is 36.3 Å². The highest BCUT2D eigenvalue weighted by atomic mass is 16.7. The molecule has 0 aliphatic heterocycles. The van der Waals surface area contributed by atoms with Crippen molar-refractivity contribution in [1.82, 2.24) is 4.90 Å². The van der Waals surface area contributed by atoms with Crippen LogP contribution in [0.5, 0.6) is 28.7 Å². The van der Waals surface area contributed by atoms with E-state index in [0.717, 1.165) is 0 Å². The number of ether oxygens (including phenoxy) is 5. The minimum Gasteiger partial charge on any atom is -0.507 e. The highest BCUT2D eigenvalue weighted by Gasteiger charge is 2.27. The first-order valence-electron chi connectivity index (χ1n) is 11.9. The van der Waals surface area contributed by atoms with Crippen molar-refractivity contribution in [2.45, 2.75) is 33.8 Å². The molecule has 8 heteroatoms. The van der Waals surface area contributed by atoms with Crippen LogP contribution in [-0.2, 0) is 4.74 Å². The van der Waals surface area contributed by atoms with Crippen molar-refractivity contribution in [3.05, 3.63) is 42.0 Å². The van der Waals surface area contributed by atoms with E-state index in [1.165, 1.54) is 14.2 Å². The third-order valence-electron chi connectivity index (χ3n) is 5.83. The molecule has 0 spiro atoms. The molecule has 0 bridgehead atoms. The van der Waals surface area contributed by atoms with Gasteiger partial charge in [-0.15, -0.1) is 0 Å². The molecule has 0 saturated carbocycles. The molecule has 3 rings (SSSR count). The zero-order valence-corrected chi connectivity index (χ0v) is 22.0. The summed E-state index contributed by atoms with van der Waals surface area (Å²) in [5, 5.41) is 12.7. The summed E-state index contributed by atoms with van der Waals surface area (Å²) in [6, 6.07) is 10.5. The molecule has 0 saturated heterocycles. The average Bonchev–Trinajstić information content (AvgIpc) is 2.88. The van der Waals surface area contributed by atoms with Crippen molar-refractivity contribution in [2.24, 2.45) is 0 Å². The average molecular weight is 498 g/mol. The summed E-state index contributed by atoms with van der Waals surface area (Å²) in [4.78, 5) is 15.3. The lowest BCUT2D eigenvalue weighted by Gasteiger charge is -2.24. The summed E-state index contributed by atoms with van der Waals surface area (Å²) < 4.78 is 28.1. The van der Waals surface area contributed by atoms with Gasteiger partial charge in [-0.1, -0.05) is 12.1 Å². The molecule has 0 heterocycles. The monoisotopic (exact) mass is 497 g/mol. The lowest BCUT2D eigenvalue weighted by atomic mass is 9.93. The van der Waals surface area contributed by atoms with E-state index >= 15 is 0 Å². The fraction of sp³-hybridized carbons (Fsp3) is 0.393. The number of carbonyl (C=O) groups excluding carboxylic acids is 1. The van der Waals surface area contributed by atoms with E-state index in [0.29, 0.717) is 63.6 Å². The Morgan fingerprint density at radius 1 is 0.972 bits per heavy atom. The molecule has 0 fully saturated rings. The minimum absolute atomic E-state index is 0.00900. The van der Waals surface area contributed by atoms with Crippen LogP contribution in [-0.4, -0.2) is 63.2 Å². The molecule has 194 valence electrons. The Morgan fingerprint density at radius 2 is 1.67 bits per heavy atom. The first kappa shape index (κ1) is 26.9. The van der Waals surface area contributed by atoms with Crippen LogP contribution in [0, 0.1) is 0 Å². The molecule has 36 heavy (non-hydrogen) atoms. The van der Waals surface area contributed by atoms with Gasteiger partial charge in [0.1, 0.15) is 28.7 Å². The third kappa shape index (κ3) is 5.28. The van der Waals surface area contributed by atoms with E-state index in [-0.39, 0.29) is 24.6 Å². The molecule has 3 aromatic carbocycles. The number of phenols is 1. The maximum absolute atomic E-state index is 13.7. The number of phenolic OH excluding ortho intramolecular Hbond substituents is 1. The quantitative estimate of drug-likeness (QED) is 0.351. The molecule has 0 unspecified atom stereocenters. The molecular formula is C28H35NO7. The molecule has 0 aliphatic rings. The number of carbonyl (C=O) groups is 1. The second-order valence-electron chi connectivity index (χ2n) is 8.40. The van der Waals surface area contributed by atoms with Crippen LogP contribution in [0.25, 0.3) is 21.9 Å². The van der Waals surface area contributed by atoms with Gasteiger partial charge in [0.05, 0.1) is 31.3 Å². The SMILES string of the molecule is CCN(CC)C(=O)c1cc(OCOC)cc(OC)c1-c1cc(OC)c2c(OC(C)C)cccc2c1O. The molecule has 8 nitrogen and oxygen atoms in total. The van der Waals surface area contributed by atoms with Gasteiger partial charge in [0.25, 0.3) is 5.91 Å². The Kier molecular flexibility index (Phi) is 8.88. The molecule has 0 aliphatic carbocycles. The van der Waals surface area contributed by atoms with E-state index in [1.807, 2.05) is 39.8 Å². The molecule has 0 radical (unpaired) electrons. The molecule has 1 amide bonds. The molecular weight excluding hydrogens is 462 g/mol. The van der Waals surface area contributed by atoms with Gasteiger partial charge >= 0.3 is 0 Å². The topological polar surface area (TPSA) is 86.7 Å². The number of nitrogens with zero attached hydrogens (tertiary/aromatic N) is 1. The summed E-state index contributed by atoms with van der Waals surface area (Å²) in [7, 11) is 4.58. The molecule has 3 aromatic rings. The van der Waals surface area contributed by atoms with Gasteiger partial charge in [0.2, 0.25) is 0 Å². The van der Waals surface area contributed by atoms with Crippen molar-refractivity contribution >= 4 is 16.7 Å². The minimum atomic E-state index is -0.216. The van der Waals surface area contributed by atoms with Crippen molar-refractivity contribution in [2.75, 3.05) is 41.2 Å². The maximum Gasteiger partial charge on any atom is 0.254 e. The fourth-order valence-corrected chi connectivity index (χ4v) is 4.19. The highest BCUT2D eigenvalue weighted by molar-refractivity contribution is 6.08. The van der Waals surface area contributed by atoms with Crippen molar-refractivity contribution in [3.8, 4) is 39.9 Å². The number of benzene rings is 3. The number of rotatable bonds is 11. The van der Waals surface area contributed by atoms with Gasteiger partial charge in [0, 0.05) is 42.8 Å². The van der Waals surface area contributed by atoms with Crippen LogP contribution in [0.1, 0.15) is 38.1 Å². The van der Waals surface area contributed by atoms with Crippen LogP contribution in [0.15, 0.2) is 36.4 Å². The normalized spacial score (nSPS) is 11.0. The number of aromatic hydroxyl groups is 1. The van der Waals surface area contributed by atoms with E-state index in [4.69, 9.17) is 23.7 Å². The first-order chi connectivity index (χ1) is 17.3. The molecule has 1 N–H and O–H groups in total. The van der Waals surface area contributed by atoms with Crippen LogP contribution in [0.2, 0.25) is 0 Å². The van der Waals surface area contributed by atoms with Gasteiger partial charge in [0.15, 0.2) is 6.79 Å². The Morgan fingerprint density at radius 3 is 2.25 bits per heavy atom. The molecule has 0 atom stereocenters. The van der Waals surface area contributed by atoms with Crippen molar-refractivity contribution in [3.63, 3.8) is 0 Å². The Bertz CT molecular complexity index is 1220. The van der Waals surface area contributed by atoms with Crippen molar-refractivity contribution in [1.29, 1.82) is 0 Å². The number of amides is 1. The summed E-state index contributed by atoms with van der Waals surface area (Å²) in [5.41, 5.74) is 1.16. The molecule has 0 aromatic heterocycles. The number of hydrogen-bond donors (Lipinski definition) is 1. The van der Waals surface area contributed by atoms with Gasteiger partial charge < -0.3 is 33.7 Å². The van der Waals surface area contributed by atoms with E-state index in [2.05, 4.69) is 0 Å². The Hall–Kier alpha value is -3.65.